The molecule has 0 fully saturated rings. The molecule has 0 amide bonds. The second-order valence-corrected chi connectivity index (χ2v) is 3.53. The van der Waals surface area contributed by atoms with Crippen LogP contribution in [0.2, 0.25) is 0 Å². The zero-order valence-corrected chi connectivity index (χ0v) is 9.21. The van der Waals surface area contributed by atoms with Crippen molar-refractivity contribution in [2.24, 2.45) is 0 Å². The van der Waals surface area contributed by atoms with Gasteiger partial charge in [-0.3, -0.25) is 0 Å². The summed E-state index contributed by atoms with van der Waals surface area (Å²) in [5.41, 5.74) is 2.70. The molecule has 1 atom stereocenters. The Morgan fingerprint density at radius 2 is 2.07 bits per heavy atom. The summed E-state index contributed by atoms with van der Waals surface area (Å²) in [5.74, 6) is 0. The fraction of sp³-hybridized carbons (Fsp3) is 0.500. The molecule has 0 saturated heterocycles. The van der Waals surface area contributed by atoms with Crippen molar-refractivity contribution < 1.29 is 4.74 Å². The Balaban J connectivity index is 2.51. The molecule has 2 nitrogen and oxygen atoms in total. The molecular weight excluding hydrogens is 174 g/mol. The number of rotatable bonds is 5. The molecule has 14 heavy (non-hydrogen) atoms. The van der Waals surface area contributed by atoms with E-state index in [1.807, 2.05) is 0 Å². The number of hydrogen-bond donors (Lipinski definition) is 1. The lowest BCUT2D eigenvalue weighted by Gasteiger charge is -2.16. The van der Waals surface area contributed by atoms with Gasteiger partial charge >= 0.3 is 0 Å². The van der Waals surface area contributed by atoms with Crippen LogP contribution in [0.15, 0.2) is 24.3 Å². The van der Waals surface area contributed by atoms with Gasteiger partial charge in [-0.1, -0.05) is 24.3 Å². The molecular formula is C12H19NO. The molecule has 0 saturated carbocycles. The van der Waals surface area contributed by atoms with E-state index < -0.39 is 0 Å². The first-order valence-electron chi connectivity index (χ1n) is 5.03. The molecule has 0 spiro atoms. The van der Waals surface area contributed by atoms with Gasteiger partial charge in [-0.05, 0) is 25.0 Å². The molecule has 0 heterocycles. The van der Waals surface area contributed by atoms with E-state index in [4.69, 9.17) is 4.74 Å². The van der Waals surface area contributed by atoms with Gasteiger partial charge in [0.25, 0.3) is 0 Å². The van der Waals surface area contributed by atoms with Crippen molar-refractivity contribution in [3.8, 4) is 0 Å². The van der Waals surface area contributed by atoms with Gasteiger partial charge in [-0.25, -0.2) is 0 Å². The highest BCUT2D eigenvalue weighted by Crippen LogP contribution is 2.15. The maximum Gasteiger partial charge on any atom is 0.0587 e. The van der Waals surface area contributed by atoms with Crippen LogP contribution in [0.4, 0.5) is 0 Å². The summed E-state index contributed by atoms with van der Waals surface area (Å²) < 4.78 is 5.00. The summed E-state index contributed by atoms with van der Waals surface area (Å²) in [6, 6.07) is 8.85. The van der Waals surface area contributed by atoms with Crippen LogP contribution in [0.25, 0.3) is 0 Å². The van der Waals surface area contributed by atoms with E-state index in [9.17, 15) is 0 Å². The first-order valence-corrected chi connectivity index (χ1v) is 5.03. The SMILES string of the molecule is COCCN[C@H](C)c1ccccc1C. The lowest BCUT2D eigenvalue weighted by molar-refractivity contribution is 0.196. The van der Waals surface area contributed by atoms with E-state index in [0.717, 1.165) is 13.2 Å². The summed E-state index contributed by atoms with van der Waals surface area (Å²) in [4.78, 5) is 0. The third kappa shape index (κ3) is 3.13. The van der Waals surface area contributed by atoms with Gasteiger partial charge in [0.1, 0.15) is 0 Å². The van der Waals surface area contributed by atoms with Gasteiger partial charge in [-0.15, -0.1) is 0 Å². The average Bonchev–Trinajstić information content (AvgIpc) is 2.18. The minimum Gasteiger partial charge on any atom is -0.383 e. The van der Waals surface area contributed by atoms with Crippen LogP contribution in [0.1, 0.15) is 24.1 Å². The topological polar surface area (TPSA) is 21.3 Å². The monoisotopic (exact) mass is 193 g/mol. The van der Waals surface area contributed by atoms with E-state index in [1.165, 1.54) is 11.1 Å². The van der Waals surface area contributed by atoms with Crippen LogP contribution in [-0.4, -0.2) is 20.3 Å². The number of hydrogen-bond acceptors (Lipinski definition) is 2. The summed E-state index contributed by atoms with van der Waals surface area (Å²) in [6.07, 6.45) is 0. The van der Waals surface area contributed by atoms with Crippen molar-refractivity contribution in [3.05, 3.63) is 35.4 Å². The van der Waals surface area contributed by atoms with Gasteiger partial charge in [0.2, 0.25) is 0 Å². The second-order valence-electron chi connectivity index (χ2n) is 3.53. The molecule has 1 aromatic carbocycles. The molecule has 0 unspecified atom stereocenters. The van der Waals surface area contributed by atoms with Crippen LogP contribution in [0.5, 0.6) is 0 Å². The second kappa shape index (κ2) is 5.78. The molecule has 1 aromatic rings. The van der Waals surface area contributed by atoms with Crippen LogP contribution in [-0.2, 0) is 4.74 Å². The zero-order valence-electron chi connectivity index (χ0n) is 9.21. The maximum atomic E-state index is 5.00. The van der Waals surface area contributed by atoms with E-state index in [-0.39, 0.29) is 0 Å². The zero-order chi connectivity index (χ0) is 10.4. The highest BCUT2D eigenvalue weighted by Gasteiger charge is 2.05. The van der Waals surface area contributed by atoms with Crippen LogP contribution < -0.4 is 5.32 Å². The minimum atomic E-state index is 0.395. The molecule has 1 N–H and O–H groups in total. The fourth-order valence-electron chi connectivity index (χ4n) is 1.56. The standard InChI is InChI=1S/C12H19NO/c1-10-6-4-5-7-12(10)11(2)13-8-9-14-3/h4-7,11,13H,8-9H2,1-3H3/t11-/m1/s1. The molecule has 0 aliphatic heterocycles. The average molecular weight is 193 g/mol. The van der Waals surface area contributed by atoms with Crippen LogP contribution in [0, 0.1) is 6.92 Å². The van der Waals surface area contributed by atoms with Gasteiger partial charge < -0.3 is 10.1 Å². The Hall–Kier alpha value is -0.860. The Morgan fingerprint density at radius 1 is 1.36 bits per heavy atom. The molecule has 1 rings (SSSR count). The van der Waals surface area contributed by atoms with Gasteiger partial charge in [0, 0.05) is 19.7 Å². The van der Waals surface area contributed by atoms with Crippen molar-refractivity contribution in [3.63, 3.8) is 0 Å². The highest BCUT2D eigenvalue weighted by atomic mass is 16.5. The molecule has 0 radical (unpaired) electrons. The van der Waals surface area contributed by atoms with Crippen molar-refractivity contribution in [1.29, 1.82) is 0 Å². The van der Waals surface area contributed by atoms with E-state index >= 15 is 0 Å². The van der Waals surface area contributed by atoms with E-state index in [0.29, 0.717) is 6.04 Å². The Kier molecular flexibility index (Phi) is 4.63. The smallest absolute Gasteiger partial charge is 0.0587 e. The molecule has 0 aromatic heterocycles. The van der Waals surface area contributed by atoms with Gasteiger partial charge in [-0.2, -0.15) is 0 Å². The molecule has 78 valence electrons. The highest BCUT2D eigenvalue weighted by molar-refractivity contribution is 5.28. The predicted molar refractivity (Wildman–Crippen MR) is 59.5 cm³/mol. The van der Waals surface area contributed by atoms with E-state index in [1.54, 1.807) is 7.11 Å². The molecule has 2 heteroatoms. The number of methoxy groups -OCH3 is 1. The van der Waals surface area contributed by atoms with E-state index in [2.05, 4.69) is 43.4 Å². The Labute approximate surface area is 86.3 Å². The summed E-state index contributed by atoms with van der Waals surface area (Å²) in [7, 11) is 1.72. The predicted octanol–water partition coefficient (Wildman–Crippen LogP) is 2.29. The summed E-state index contributed by atoms with van der Waals surface area (Å²) in [5, 5.41) is 3.42. The molecule has 0 bridgehead atoms. The van der Waals surface area contributed by atoms with Crippen molar-refractivity contribution >= 4 is 0 Å². The van der Waals surface area contributed by atoms with Gasteiger partial charge in [0.15, 0.2) is 0 Å². The van der Waals surface area contributed by atoms with Crippen molar-refractivity contribution in [1.82, 2.24) is 5.32 Å². The van der Waals surface area contributed by atoms with Crippen molar-refractivity contribution in [2.75, 3.05) is 20.3 Å². The Morgan fingerprint density at radius 3 is 2.71 bits per heavy atom. The molecule has 0 aliphatic carbocycles. The third-order valence-electron chi connectivity index (χ3n) is 2.41. The Bertz CT molecular complexity index is 273. The maximum absolute atomic E-state index is 5.00. The first kappa shape index (κ1) is 11.2. The first-order chi connectivity index (χ1) is 6.75. The number of nitrogens with one attached hydrogen (secondary N) is 1. The van der Waals surface area contributed by atoms with Crippen LogP contribution >= 0.6 is 0 Å². The third-order valence-corrected chi connectivity index (χ3v) is 2.41. The van der Waals surface area contributed by atoms with Crippen molar-refractivity contribution in [2.45, 2.75) is 19.9 Å². The summed E-state index contributed by atoms with van der Waals surface area (Å²) >= 11 is 0. The normalized spacial score (nSPS) is 12.8. The lowest BCUT2D eigenvalue weighted by Crippen LogP contribution is -2.23. The van der Waals surface area contributed by atoms with Crippen LogP contribution in [0.3, 0.4) is 0 Å². The quantitative estimate of drug-likeness (QED) is 0.724. The number of aryl methyl sites for hydroxylation is 1. The lowest BCUT2D eigenvalue weighted by atomic mass is 10.0. The molecule has 0 aliphatic rings. The summed E-state index contributed by atoms with van der Waals surface area (Å²) in [6.45, 7) is 5.98. The number of benzene rings is 1. The number of ether oxygens (including phenoxy) is 1. The largest absolute Gasteiger partial charge is 0.383 e. The minimum absolute atomic E-state index is 0.395. The van der Waals surface area contributed by atoms with Gasteiger partial charge in [0.05, 0.1) is 6.61 Å². The fourth-order valence-corrected chi connectivity index (χ4v) is 1.56.